The van der Waals surface area contributed by atoms with Crippen molar-refractivity contribution in [2.75, 3.05) is 125 Å². The lowest BCUT2D eigenvalue weighted by atomic mass is 9.98. The highest BCUT2D eigenvalue weighted by Crippen LogP contribution is 2.31. The number of rotatable bonds is 24. The molecule has 0 saturated carbocycles. The lowest BCUT2D eigenvalue weighted by molar-refractivity contribution is -0.348. The van der Waals surface area contributed by atoms with Crippen LogP contribution >= 0.6 is 24.0 Å². The molecule has 5 saturated heterocycles. The van der Waals surface area contributed by atoms with Gasteiger partial charge in [0.1, 0.15) is 97.7 Å². The monoisotopic (exact) mass is 1340 g/mol. The summed E-state index contributed by atoms with van der Waals surface area (Å²) in [5, 5.41) is 48.6. The van der Waals surface area contributed by atoms with E-state index in [9.17, 15) is 25.5 Å². The van der Waals surface area contributed by atoms with Gasteiger partial charge < -0.3 is 130 Å². The second-order valence-electron chi connectivity index (χ2n) is 18.4. The van der Waals surface area contributed by atoms with Gasteiger partial charge in [-0.3, -0.25) is 4.70 Å². The molecule has 5 N–H and O–H groups in total. The van der Waals surface area contributed by atoms with Gasteiger partial charge in [0.15, 0.2) is 37.7 Å². The molecule has 5 aliphatic rings. The molecule has 25 atom stereocenters. The average molecular weight is 1340 g/mol. The Balaban J connectivity index is -0.000000305. The number of ether oxygens (including phenoxy) is 22. The molecule has 0 spiro atoms. The summed E-state index contributed by atoms with van der Waals surface area (Å²) >= 11 is 0. The Hall–Kier alpha value is -0.420. The van der Waals surface area contributed by atoms with E-state index < -0.39 is 80.5 Å². The second-order valence-corrected chi connectivity index (χ2v) is 18.4. The second kappa shape index (κ2) is 49.4. The Labute approximate surface area is 513 Å². The van der Waals surface area contributed by atoms with E-state index in [0.717, 1.165) is 6.42 Å². The molecular weight excluding hydrogens is 1230 g/mol. The molecule has 83 heavy (non-hydrogen) atoms. The van der Waals surface area contributed by atoms with Crippen LogP contribution in [0.2, 0.25) is 0 Å². The number of methoxy groups -OCH3 is 12. The maximum atomic E-state index is 9.87. The highest BCUT2D eigenvalue weighted by molar-refractivity contribution is 14.0. The van der Waals surface area contributed by atoms with Crippen LogP contribution in [0.4, 0.5) is 4.70 Å². The predicted octanol–water partition coefficient (Wildman–Crippen LogP) is 2.68. The van der Waals surface area contributed by atoms with E-state index in [1.807, 2.05) is 55.4 Å². The molecule has 0 radical (unpaired) electrons. The summed E-state index contributed by atoms with van der Waals surface area (Å²) in [7, 11) is 18.5. The van der Waals surface area contributed by atoms with E-state index in [0.29, 0.717) is 39.6 Å². The molecule has 27 nitrogen and oxygen atoms in total. The largest absolute Gasteiger partial charge is 0.382 e. The summed E-state index contributed by atoms with van der Waals surface area (Å²) in [5.74, 6) is 0. The minimum atomic E-state index is -1.09. The van der Waals surface area contributed by atoms with Gasteiger partial charge in [-0.05, 0) is 54.9 Å². The first kappa shape index (κ1) is 89.0. The van der Waals surface area contributed by atoms with Gasteiger partial charge in [-0.15, -0.1) is 24.0 Å². The first-order chi connectivity index (χ1) is 37.8. The van der Waals surface area contributed by atoms with E-state index in [1.165, 1.54) is 42.7 Å². The Morgan fingerprint density at radius 1 is 0.325 bits per heavy atom. The van der Waals surface area contributed by atoms with E-state index in [1.54, 1.807) is 42.7 Å². The van der Waals surface area contributed by atoms with Crippen LogP contribution in [-0.4, -0.2) is 304 Å². The fraction of sp³-hybridized carbons (Fsp3) is 1.00. The predicted molar refractivity (Wildman–Crippen MR) is 313 cm³/mol. The van der Waals surface area contributed by atoms with Crippen LogP contribution in [0, 0.1) is 0 Å². The fourth-order valence-electron chi connectivity index (χ4n) is 9.85. The van der Waals surface area contributed by atoms with Crippen molar-refractivity contribution in [2.24, 2.45) is 0 Å². The Morgan fingerprint density at radius 2 is 0.614 bits per heavy atom. The zero-order valence-corrected chi connectivity index (χ0v) is 53.7. The van der Waals surface area contributed by atoms with Crippen molar-refractivity contribution in [3.63, 3.8) is 0 Å². The molecule has 5 fully saturated rings. The van der Waals surface area contributed by atoms with Crippen molar-refractivity contribution in [2.45, 2.75) is 230 Å². The highest BCUT2D eigenvalue weighted by atomic mass is 127. The summed E-state index contributed by atoms with van der Waals surface area (Å²) in [6.07, 6.45) is -11.6. The molecule has 0 aromatic carbocycles. The van der Waals surface area contributed by atoms with Crippen LogP contribution in [0.1, 0.15) is 78.1 Å². The third kappa shape index (κ3) is 26.1. The van der Waals surface area contributed by atoms with Crippen molar-refractivity contribution in [3.05, 3.63) is 0 Å². The summed E-state index contributed by atoms with van der Waals surface area (Å²) in [5.41, 5.74) is 0. The van der Waals surface area contributed by atoms with Crippen LogP contribution in [0.25, 0.3) is 0 Å². The first-order valence-corrected chi connectivity index (χ1v) is 26.9. The van der Waals surface area contributed by atoms with Gasteiger partial charge in [0.05, 0.1) is 24.9 Å². The third-order valence-electron chi connectivity index (χ3n) is 13.6. The Morgan fingerprint density at radius 3 is 0.976 bits per heavy atom. The molecule has 5 aliphatic heterocycles. The standard InChI is InChI=1S/C12H24O5.C11H22O5.2C10H20O6.C9H18O5.2CH4.FH.HI.H2/c1-5-14-9-8(4)17-12(13)11(16-7-3)10(9)15-6-2;1-5-6-15-8-7(2)16-11(12)10(14-4)9(8)13-3;1-12-5-6-7(13-2)8(14-3)9(15-4)10(11)16-6;1-5-15-10-8(14-4)6(12-2)7(13-3)9(11)16-10;1-5-6(11-2)7(12-3)8(13-4)9(10)14-5;;;;;/h8-13H,5-7H2,1-4H3;7-12H,5-6H2,1-4H3;2*6-11H,5H2,1-4H3;5-10H,1-4H3;2*1H4;3*1H/t8-,9-,10+,11+,12?;7-,8-,9+,10+,11?;6-,7-,8+,9-,10?;6-,7+,8+,9?,10+;5-,6+,7+,8-,9?;;;;;/m00100...../s1. The summed E-state index contributed by atoms with van der Waals surface area (Å²) in [6.45, 7) is 18.2. The number of aliphatic hydroxyl groups excluding tert-OH is 5. The van der Waals surface area contributed by atoms with E-state index >= 15 is 0 Å². The fourth-order valence-corrected chi connectivity index (χ4v) is 9.85. The summed E-state index contributed by atoms with van der Waals surface area (Å²) in [6, 6.07) is 0. The number of hydrogen-bond acceptors (Lipinski definition) is 27. The van der Waals surface area contributed by atoms with Gasteiger partial charge in [0, 0.05) is 120 Å². The number of aliphatic hydroxyl groups is 5. The van der Waals surface area contributed by atoms with E-state index in [-0.39, 0.29) is 118 Å². The maximum Gasteiger partial charge on any atom is 0.189 e. The van der Waals surface area contributed by atoms with Gasteiger partial charge in [-0.1, -0.05) is 21.8 Å². The van der Waals surface area contributed by atoms with Crippen molar-refractivity contribution in [1.82, 2.24) is 0 Å². The molecule has 0 aromatic heterocycles. The summed E-state index contributed by atoms with van der Waals surface area (Å²) < 4.78 is 117. The number of halogens is 2. The quantitative estimate of drug-likeness (QED) is 0.0868. The molecule has 5 heterocycles. The molecule has 5 rings (SSSR count). The van der Waals surface area contributed by atoms with Crippen molar-refractivity contribution >= 4 is 24.0 Å². The Bertz CT molecular complexity index is 1400. The topological polar surface area (TPSA) is 304 Å². The van der Waals surface area contributed by atoms with Crippen molar-refractivity contribution < 1.29 is 136 Å². The zero-order chi connectivity index (χ0) is 59.9. The van der Waals surface area contributed by atoms with Crippen molar-refractivity contribution in [1.29, 1.82) is 0 Å². The zero-order valence-electron chi connectivity index (χ0n) is 51.4. The van der Waals surface area contributed by atoms with Crippen LogP contribution in [-0.2, 0) is 104 Å². The van der Waals surface area contributed by atoms with Crippen molar-refractivity contribution in [3.8, 4) is 0 Å². The van der Waals surface area contributed by atoms with Crippen LogP contribution < -0.4 is 0 Å². The molecule has 0 amide bonds. The van der Waals surface area contributed by atoms with Gasteiger partial charge in [-0.25, -0.2) is 0 Å². The minimum absolute atomic E-state index is 0. The first-order valence-electron chi connectivity index (χ1n) is 26.9. The molecule has 0 aromatic rings. The smallest absolute Gasteiger partial charge is 0.189 e. The lowest BCUT2D eigenvalue weighted by Gasteiger charge is -2.43. The van der Waals surface area contributed by atoms with Gasteiger partial charge >= 0.3 is 0 Å². The SMILES string of the molecule is C.C.CCCO[C@@H]1[C@@H](OC)[C@@H](OC)C(O)O[C@H]1C.CCO[C@@H]1OC(O)[C@H](OC)[C@H](OC)[C@H]1OC.CCO[C@@H]1[C@@H](OCC)[C@@H](OCC)C(O)O[C@H]1C.COC[C@H]1OC(O)[C@H](OC)[C@@H](OC)[C@@H]1OC.CO[C@@H]1[C@H](OC)[C@H](C)OC(O)[C@H]1OC.F.I.[HH]. The molecule has 29 heteroatoms. The van der Waals surface area contributed by atoms with Crippen LogP contribution in [0.5, 0.6) is 0 Å². The minimum Gasteiger partial charge on any atom is -0.382 e. The number of hydrogen-bond donors (Lipinski definition) is 5. The molecular formula is C54H116FIO27. The van der Waals surface area contributed by atoms with Gasteiger partial charge in [0.2, 0.25) is 0 Å². The van der Waals surface area contributed by atoms with Crippen LogP contribution in [0.3, 0.4) is 0 Å². The molecule has 508 valence electrons. The molecule has 0 aliphatic carbocycles. The molecule has 0 bridgehead atoms. The van der Waals surface area contributed by atoms with Gasteiger partial charge in [0.25, 0.3) is 0 Å². The van der Waals surface area contributed by atoms with Gasteiger partial charge in [-0.2, -0.15) is 0 Å². The third-order valence-corrected chi connectivity index (χ3v) is 13.6. The maximum absolute atomic E-state index is 9.87. The normalized spacial score (nSPS) is 38.3. The van der Waals surface area contributed by atoms with E-state index in [4.69, 9.17) is 104 Å². The Kier molecular flexibility index (Phi) is 52.9. The summed E-state index contributed by atoms with van der Waals surface area (Å²) in [4.78, 5) is 0. The molecule has 5 unspecified atom stereocenters. The van der Waals surface area contributed by atoms with E-state index in [2.05, 4.69) is 0 Å². The average Bonchev–Trinajstić information content (AvgIpc) is 3.58. The van der Waals surface area contributed by atoms with Crippen LogP contribution in [0.15, 0.2) is 0 Å². The highest BCUT2D eigenvalue weighted by Gasteiger charge is 2.50. The lowest BCUT2D eigenvalue weighted by Crippen LogP contribution is -2.60.